The number of rotatable bonds is 11. The molecule has 8 atom stereocenters. The summed E-state index contributed by atoms with van der Waals surface area (Å²) >= 11 is 6.19. The third-order valence-electron chi connectivity index (χ3n) is 21.2. The third kappa shape index (κ3) is 21.2. The molecule has 101 heavy (non-hydrogen) atoms. The van der Waals surface area contributed by atoms with Crippen molar-refractivity contribution in [1.29, 1.82) is 0 Å². The van der Waals surface area contributed by atoms with Crippen LogP contribution in [-0.2, 0) is 76.6 Å². The first kappa shape index (κ1) is 82.1. The van der Waals surface area contributed by atoms with Gasteiger partial charge in [-0.1, -0.05) is 127 Å². The van der Waals surface area contributed by atoms with Gasteiger partial charge in [0.25, 0.3) is 0 Å². The van der Waals surface area contributed by atoms with Crippen LogP contribution in [0.2, 0.25) is 5.02 Å². The van der Waals surface area contributed by atoms with E-state index in [4.69, 9.17) is 11.6 Å². The van der Waals surface area contributed by atoms with Crippen LogP contribution in [0.5, 0.6) is 0 Å². The first-order valence-corrected chi connectivity index (χ1v) is 36.0. The average Bonchev–Trinajstić information content (AvgIpc) is 0.990. The highest BCUT2D eigenvalue weighted by atomic mass is 35.5. The smallest absolute Gasteiger partial charge is 0.343 e. The molecule has 2 aromatic rings. The molecule has 2 aliphatic heterocycles. The largest absolute Gasteiger partial charge is 0.417 e. The van der Waals surface area contributed by atoms with E-state index in [0.29, 0.717) is 50.8 Å². The van der Waals surface area contributed by atoms with Gasteiger partial charge >= 0.3 is 6.18 Å². The van der Waals surface area contributed by atoms with Crippen molar-refractivity contribution in [2.24, 2.45) is 17.8 Å². The van der Waals surface area contributed by atoms with Crippen LogP contribution in [0.3, 0.4) is 0 Å². The lowest BCUT2D eigenvalue weighted by molar-refractivity contribution is -0.156. The van der Waals surface area contributed by atoms with Crippen molar-refractivity contribution in [3.8, 4) is 0 Å². The highest BCUT2D eigenvalue weighted by Crippen LogP contribution is 2.37. The van der Waals surface area contributed by atoms with Gasteiger partial charge in [0.2, 0.25) is 70.9 Å². The predicted molar refractivity (Wildman–Crippen MR) is 375 cm³/mol. The van der Waals surface area contributed by atoms with Gasteiger partial charge in [-0.2, -0.15) is 13.2 Å². The Bertz CT molecular complexity index is 3320. The van der Waals surface area contributed by atoms with E-state index >= 15 is 19.2 Å². The number of carbonyl (C=O) groups excluding carboxylic acids is 12. The zero-order chi connectivity index (χ0) is 75.1. The molecule has 24 nitrogen and oxygen atoms in total. The van der Waals surface area contributed by atoms with E-state index < -0.39 is 173 Å². The van der Waals surface area contributed by atoms with Gasteiger partial charge in [-0.3, -0.25) is 57.5 Å². The van der Waals surface area contributed by atoms with E-state index in [9.17, 15) is 51.5 Å². The summed E-state index contributed by atoms with van der Waals surface area (Å²) in [6.07, 6.45) is 2.34. The fraction of sp³-hybridized carbons (Fsp3) is 0.671. The monoisotopic (exact) mass is 1440 g/mol. The van der Waals surface area contributed by atoms with E-state index in [0.717, 1.165) is 80.7 Å². The van der Waals surface area contributed by atoms with Crippen LogP contribution in [0, 0.1) is 24.7 Å². The van der Waals surface area contributed by atoms with Crippen molar-refractivity contribution in [2.45, 2.75) is 211 Å². The molecule has 0 unspecified atom stereocenters. The normalized spacial score (nSPS) is 25.1. The second-order valence-corrected chi connectivity index (χ2v) is 29.4. The highest BCUT2D eigenvalue weighted by Gasteiger charge is 2.50. The molecule has 2 aromatic carbocycles. The van der Waals surface area contributed by atoms with Crippen LogP contribution in [0.25, 0.3) is 0 Å². The third-order valence-corrected chi connectivity index (χ3v) is 21.5. The lowest BCUT2D eigenvalue weighted by atomic mass is 9.84. The van der Waals surface area contributed by atoms with Gasteiger partial charge in [0.15, 0.2) is 0 Å². The summed E-state index contributed by atoms with van der Waals surface area (Å²) in [5.74, 6) is -9.47. The fourth-order valence-electron chi connectivity index (χ4n) is 14.3. The Morgan fingerprint density at radius 2 is 1.25 bits per heavy atom. The van der Waals surface area contributed by atoms with Crippen molar-refractivity contribution < 1.29 is 70.7 Å². The number of halogens is 4. The summed E-state index contributed by atoms with van der Waals surface area (Å²) in [6.45, 7) is 9.24. The summed E-state index contributed by atoms with van der Waals surface area (Å²) in [5, 5.41) is 8.00. The molecule has 0 radical (unpaired) electrons. The van der Waals surface area contributed by atoms with Gasteiger partial charge in [0, 0.05) is 75.9 Å². The molecule has 2 saturated carbocycles. The minimum Gasteiger partial charge on any atom is -0.343 e. The molecule has 3 N–H and O–H groups in total. The molecule has 4 fully saturated rings. The molecule has 6 rings (SSSR count). The maximum absolute atomic E-state index is 15.6. The average molecular weight is 1440 g/mol. The van der Waals surface area contributed by atoms with Crippen LogP contribution < -0.4 is 16.0 Å². The van der Waals surface area contributed by atoms with Crippen molar-refractivity contribution in [1.82, 2.24) is 60.0 Å². The molecule has 1 spiro atoms. The molecule has 2 heterocycles. The highest BCUT2D eigenvalue weighted by molar-refractivity contribution is 6.31. The Morgan fingerprint density at radius 1 is 0.634 bits per heavy atom. The molecule has 0 aromatic heterocycles. The van der Waals surface area contributed by atoms with Gasteiger partial charge in [0.1, 0.15) is 47.8 Å². The summed E-state index contributed by atoms with van der Waals surface area (Å²) in [5.41, 5.74) is -1.06. The van der Waals surface area contributed by atoms with Crippen LogP contribution in [-0.4, -0.2) is 252 Å². The second-order valence-electron chi connectivity index (χ2n) is 29.0. The maximum Gasteiger partial charge on any atom is 0.417 e. The van der Waals surface area contributed by atoms with Gasteiger partial charge in [-0.05, 0) is 106 Å². The number of amides is 12. The second kappa shape index (κ2) is 36.3. The number of nitrogens with zero attached hydrogens (tertiary/aromatic N) is 9. The standard InChI is InChI=1S/C73H108ClF3N12O12/c1-15-47(5)62-69(99)83(9)43-60(92)81(7)44-61(93)85(11)56(39-49-26-18-16-19-27-49)67(97)82(8)42-58(90)78-54(32-30-50-29-31-52(53(74)38-50)73(75,76)77)66(96)86(12)55(40-51-28-24-25-46(4)37-51)65(95)80-72(33-20-21-34-72)71(101)88(14)63(45(2)3)70(100)87(13)57(68(98)89-35-22-17-23-36-89)41-59(91)84(10)48(6)64(94)79-62/h24-25,28-29,31,37-38,45,47-49,54-57,62-63H,15-23,26-27,30,32-36,39-44H2,1-14H3,(H,78,90)(H,79,94)(H,80,95)/t47-,48-,54-,55-,56-,57-,62-,63-/m0/s1. The number of carbonyl (C=O) groups is 12. The minimum absolute atomic E-state index is 0.00199. The molecule has 2 aliphatic carbocycles. The maximum atomic E-state index is 15.6. The first-order valence-electron chi connectivity index (χ1n) is 35.6. The number of alkyl halides is 3. The SMILES string of the molecule is CC[C@H](C)[C@@H]1NC(=O)[C@H](C)N(C)C(=O)C[C@@H](C(=O)N2CCCCC2)N(C)C(=O)[C@H](C(C)C)N(C)C(=O)C2(CCCC2)NC(=O)[C@H](Cc2cccc(C)c2)N(C)C(=O)[C@H](CCc2ccc(C(F)(F)F)c(Cl)c2)NC(=O)CN(C)C(=O)[C@H](CC2CCCCC2)N(C)C(=O)CN(C)C(=O)CN(C)C1=O. The van der Waals surface area contributed by atoms with Crippen molar-refractivity contribution in [3.63, 3.8) is 0 Å². The van der Waals surface area contributed by atoms with Crippen molar-refractivity contribution in [2.75, 3.05) is 89.1 Å². The Labute approximate surface area is 598 Å². The van der Waals surface area contributed by atoms with Gasteiger partial charge in [-0.15, -0.1) is 0 Å². The Kier molecular flexibility index (Phi) is 29.6. The van der Waals surface area contributed by atoms with Gasteiger partial charge < -0.3 is 60.0 Å². The fourth-order valence-corrected chi connectivity index (χ4v) is 14.6. The number of piperidine rings is 1. The van der Waals surface area contributed by atoms with Crippen molar-refractivity contribution in [3.05, 3.63) is 69.7 Å². The molecule has 2 saturated heterocycles. The molecule has 12 amide bonds. The summed E-state index contributed by atoms with van der Waals surface area (Å²) < 4.78 is 41.8. The first-order chi connectivity index (χ1) is 47.4. The molecular formula is C73H108ClF3N12O12. The number of nitrogens with one attached hydrogen (secondary N) is 3. The molecule has 0 bridgehead atoms. The quantitative estimate of drug-likeness (QED) is 0.239. The van der Waals surface area contributed by atoms with E-state index in [1.807, 2.05) is 26.0 Å². The molecule has 4 aliphatic rings. The minimum atomic E-state index is -4.78. The zero-order valence-corrected chi connectivity index (χ0v) is 62.3. The topological polar surface area (TPSA) is 270 Å². The van der Waals surface area contributed by atoms with Crippen LogP contribution in [0.1, 0.15) is 160 Å². The number of aryl methyl sites for hydroxylation is 2. The van der Waals surface area contributed by atoms with Crippen LogP contribution in [0.4, 0.5) is 13.2 Å². The number of benzene rings is 2. The summed E-state index contributed by atoms with van der Waals surface area (Å²) in [4.78, 5) is 189. The van der Waals surface area contributed by atoms with E-state index in [1.54, 1.807) is 37.8 Å². The molecule has 28 heteroatoms. The number of likely N-dealkylation sites (tertiary alicyclic amines) is 1. The van der Waals surface area contributed by atoms with Crippen LogP contribution >= 0.6 is 11.6 Å². The number of hydrogen-bond acceptors (Lipinski definition) is 12. The lowest BCUT2D eigenvalue weighted by Crippen LogP contribution is -2.65. The Morgan fingerprint density at radius 3 is 1.84 bits per heavy atom. The van der Waals surface area contributed by atoms with Gasteiger partial charge in [-0.25, -0.2) is 0 Å². The molecular weight excluding hydrogens is 1330 g/mol. The predicted octanol–water partition coefficient (Wildman–Crippen LogP) is 5.86. The number of hydrogen-bond donors (Lipinski definition) is 3. The van der Waals surface area contributed by atoms with E-state index in [1.165, 1.54) is 84.1 Å². The Hall–Kier alpha value is -7.84. The Balaban J connectivity index is 1.46. The molecule has 560 valence electrons. The lowest BCUT2D eigenvalue weighted by Gasteiger charge is -2.42. The van der Waals surface area contributed by atoms with E-state index in [2.05, 4.69) is 16.0 Å². The van der Waals surface area contributed by atoms with Gasteiger partial charge in [0.05, 0.1) is 36.6 Å². The zero-order valence-electron chi connectivity index (χ0n) is 61.5. The number of likely N-dealkylation sites (N-methyl/N-ethyl adjacent to an activating group) is 8. The van der Waals surface area contributed by atoms with Crippen LogP contribution in [0.15, 0.2) is 42.5 Å². The van der Waals surface area contributed by atoms with Crippen molar-refractivity contribution >= 4 is 82.5 Å². The summed E-state index contributed by atoms with van der Waals surface area (Å²) in [7, 11) is 11.1. The summed E-state index contributed by atoms with van der Waals surface area (Å²) in [6, 6.07) is 1.04. The van der Waals surface area contributed by atoms with E-state index in [-0.39, 0.29) is 50.0 Å².